The van der Waals surface area contributed by atoms with Gasteiger partial charge >= 0.3 is 0 Å². The minimum atomic E-state index is -0.0816. The van der Waals surface area contributed by atoms with Crippen molar-refractivity contribution < 1.29 is 4.79 Å². The zero-order valence-corrected chi connectivity index (χ0v) is 11.1. The normalized spacial score (nSPS) is 21.4. The number of amides is 1. The maximum Gasteiger partial charge on any atom is 0.244 e. The molecule has 1 aliphatic rings. The number of hydrogen-bond donors (Lipinski definition) is 1. The molecule has 2 N–H and O–H groups in total. The van der Waals surface area contributed by atoms with E-state index in [2.05, 4.69) is 4.90 Å². The number of rotatable bonds is 3. The topological polar surface area (TPSA) is 49.6 Å². The van der Waals surface area contributed by atoms with Crippen LogP contribution in [0.1, 0.15) is 12.5 Å². The van der Waals surface area contributed by atoms with E-state index in [0.29, 0.717) is 6.54 Å². The molecule has 1 saturated heterocycles. The molecule has 0 spiro atoms. The highest BCUT2D eigenvalue weighted by molar-refractivity contribution is 5.98. The molecule has 0 bridgehead atoms. The molecule has 0 saturated carbocycles. The lowest BCUT2D eigenvalue weighted by Crippen LogP contribution is -2.57. The van der Waals surface area contributed by atoms with Crippen LogP contribution in [0.3, 0.4) is 0 Å². The molecule has 1 heterocycles. The van der Waals surface area contributed by atoms with E-state index < -0.39 is 0 Å². The molecule has 18 heavy (non-hydrogen) atoms. The van der Waals surface area contributed by atoms with E-state index in [0.717, 1.165) is 30.9 Å². The number of hydrogen-bond acceptors (Lipinski definition) is 3. The summed E-state index contributed by atoms with van der Waals surface area (Å²) in [6.07, 6.45) is 0. The maximum absolute atomic E-state index is 12.4. The van der Waals surface area contributed by atoms with Crippen molar-refractivity contribution in [1.29, 1.82) is 0 Å². The van der Waals surface area contributed by atoms with E-state index >= 15 is 0 Å². The predicted octanol–water partition coefficient (Wildman–Crippen LogP) is 0.991. The largest absolute Gasteiger partial charge is 0.329 e. The molecule has 98 valence electrons. The van der Waals surface area contributed by atoms with Gasteiger partial charge in [-0.05, 0) is 25.5 Å². The van der Waals surface area contributed by atoms with Gasteiger partial charge in [-0.3, -0.25) is 9.69 Å². The van der Waals surface area contributed by atoms with Crippen molar-refractivity contribution in [3.8, 4) is 0 Å². The molecule has 4 nitrogen and oxygen atoms in total. The first kappa shape index (κ1) is 13.1. The highest BCUT2D eigenvalue weighted by atomic mass is 16.2. The van der Waals surface area contributed by atoms with Crippen LogP contribution in [0.5, 0.6) is 0 Å². The highest BCUT2D eigenvalue weighted by Gasteiger charge is 2.31. The Kier molecular flexibility index (Phi) is 3.99. The Morgan fingerprint density at radius 1 is 1.33 bits per heavy atom. The molecular formula is C14H21N3O. The minimum absolute atomic E-state index is 0.0816. The number of anilines is 1. The summed E-state index contributed by atoms with van der Waals surface area (Å²) >= 11 is 0. The number of nitrogens with zero attached hydrogens (tertiary/aromatic N) is 2. The van der Waals surface area contributed by atoms with Gasteiger partial charge in [0.2, 0.25) is 5.91 Å². The van der Waals surface area contributed by atoms with E-state index in [1.165, 1.54) is 0 Å². The van der Waals surface area contributed by atoms with Crippen LogP contribution in [0.25, 0.3) is 0 Å². The predicted molar refractivity (Wildman–Crippen MR) is 73.6 cm³/mol. The molecule has 1 aliphatic heterocycles. The summed E-state index contributed by atoms with van der Waals surface area (Å²) in [6, 6.07) is 7.95. The number of benzene rings is 1. The third kappa shape index (κ3) is 2.40. The van der Waals surface area contributed by atoms with Gasteiger partial charge in [-0.2, -0.15) is 0 Å². The van der Waals surface area contributed by atoms with Gasteiger partial charge in [0.25, 0.3) is 0 Å². The number of nitrogens with two attached hydrogens (primary N) is 1. The second-order valence-corrected chi connectivity index (χ2v) is 4.78. The lowest BCUT2D eigenvalue weighted by atomic mass is 10.1. The first-order valence-corrected chi connectivity index (χ1v) is 6.46. The molecule has 1 aromatic rings. The molecule has 4 heteroatoms. The van der Waals surface area contributed by atoms with Crippen LogP contribution in [-0.4, -0.2) is 43.0 Å². The summed E-state index contributed by atoms with van der Waals surface area (Å²) in [4.78, 5) is 16.5. The summed E-state index contributed by atoms with van der Waals surface area (Å²) in [5.74, 6) is 0.170. The van der Waals surface area contributed by atoms with Gasteiger partial charge in [-0.15, -0.1) is 0 Å². The fourth-order valence-corrected chi connectivity index (χ4v) is 2.49. The quantitative estimate of drug-likeness (QED) is 0.866. The standard InChI is InChI=1S/C14H21N3O/c1-11-5-3-4-6-13(11)17-10-9-16(8-7-15)12(2)14(17)18/h3-6,12H,7-10,15H2,1-2H3. The first-order valence-electron chi connectivity index (χ1n) is 6.46. The first-order chi connectivity index (χ1) is 8.65. The van der Waals surface area contributed by atoms with Crippen molar-refractivity contribution in [3.63, 3.8) is 0 Å². The van der Waals surface area contributed by atoms with Crippen LogP contribution >= 0.6 is 0 Å². The zero-order chi connectivity index (χ0) is 13.1. The smallest absolute Gasteiger partial charge is 0.244 e. The van der Waals surface area contributed by atoms with Crippen molar-refractivity contribution >= 4 is 11.6 Å². The lowest BCUT2D eigenvalue weighted by Gasteiger charge is -2.39. The molecular weight excluding hydrogens is 226 g/mol. The molecule has 1 amide bonds. The monoisotopic (exact) mass is 247 g/mol. The third-order valence-electron chi connectivity index (χ3n) is 3.60. The van der Waals surface area contributed by atoms with Crippen LogP contribution in [0, 0.1) is 6.92 Å². The van der Waals surface area contributed by atoms with Crippen LogP contribution in [-0.2, 0) is 4.79 Å². The Balaban J connectivity index is 2.18. The molecule has 2 rings (SSSR count). The van der Waals surface area contributed by atoms with Crippen LogP contribution in [0.4, 0.5) is 5.69 Å². The van der Waals surface area contributed by atoms with Gasteiger partial charge < -0.3 is 10.6 Å². The molecule has 0 aliphatic carbocycles. The number of para-hydroxylation sites is 1. The van der Waals surface area contributed by atoms with Crippen molar-refractivity contribution in [1.82, 2.24) is 4.90 Å². The fraction of sp³-hybridized carbons (Fsp3) is 0.500. The van der Waals surface area contributed by atoms with Gasteiger partial charge in [0.05, 0.1) is 6.04 Å². The third-order valence-corrected chi connectivity index (χ3v) is 3.60. The van der Waals surface area contributed by atoms with Crippen LogP contribution in [0.15, 0.2) is 24.3 Å². The fourth-order valence-electron chi connectivity index (χ4n) is 2.49. The van der Waals surface area contributed by atoms with Gasteiger partial charge in [0.15, 0.2) is 0 Å². The summed E-state index contributed by atoms with van der Waals surface area (Å²) in [5, 5.41) is 0. The second kappa shape index (κ2) is 5.50. The Morgan fingerprint density at radius 2 is 2.06 bits per heavy atom. The summed E-state index contributed by atoms with van der Waals surface area (Å²) in [5.41, 5.74) is 7.74. The molecule has 0 aromatic heterocycles. The second-order valence-electron chi connectivity index (χ2n) is 4.78. The van der Waals surface area contributed by atoms with E-state index in [1.807, 2.05) is 43.0 Å². The van der Waals surface area contributed by atoms with Crippen LogP contribution in [0.2, 0.25) is 0 Å². The number of piperazine rings is 1. The van der Waals surface area contributed by atoms with E-state index in [4.69, 9.17) is 5.73 Å². The highest BCUT2D eigenvalue weighted by Crippen LogP contribution is 2.23. The minimum Gasteiger partial charge on any atom is -0.329 e. The molecule has 1 unspecified atom stereocenters. The summed E-state index contributed by atoms with van der Waals surface area (Å²) < 4.78 is 0. The van der Waals surface area contributed by atoms with Crippen molar-refractivity contribution in [2.75, 3.05) is 31.1 Å². The van der Waals surface area contributed by atoms with Gasteiger partial charge in [0.1, 0.15) is 0 Å². The van der Waals surface area contributed by atoms with Gasteiger partial charge in [-0.25, -0.2) is 0 Å². The average Bonchev–Trinajstić information content (AvgIpc) is 2.37. The lowest BCUT2D eigenvalue weighted by molar-refractivity contribution is -0.125. The van der Waals surface area contributed by atoms with E-state index in [1.54, 1.807) is 0 Å². The van der Waals surface area contributed by atoms with Crippen molar-refractivity contribution in [2.24, 2.45) is 5.73 Å². The molecule has 1 atom stereocenters. The van der Waals surface area contributed by atoms with Gasteiger partial charge in [-0.1, -0.05) is 18.2 Å². The number of aryl methyl sites for hydroxylation is 1. The molecule has 1 fully saturated rings. The maximum atomic E-state index is 12.4. The van der Waals surface area contributed by atoms with Crippen molar-refractivity contribution in [2.45, 2.75) is 19.9 Å². The van der Waals surface area contributed by atoms with E-state index in [-0.39, 0.29) is 11.9 Å². The summed E-state index contributed by atoms with van der Waals surface area (Å²) in [6.45, 7) is 7.02. The number of carbonyl (C=O) groups is 1. The Hall–Kier alpha value is -1.39. The van der Waals surface area contributed by atoms with Gasteiger partial charge in [0, 0.05) is 31.9 Å². The van der Waals surface area contributed by atoms with Crippen LogP contribution < -0.4 is 10.6 Å². The Labute approximate surface area is 108 Å². The average molecular weight is 247 g/mol. The summed E-state index contributed by atoms with van der Waals surface area (Å²) in [7, 11) is 0. The zero-order valence-electron chi connectivity index (χ0n) is 11.1. The Morgan fingerprint density at radius 3 is 2.72 bits per heavy atom. The SMILES string of the molecule is Cc1ccccc1N1CCN(CCN)C(C)C1=O. The Bertz CT molecular complexity index is 433. The molecule has 1 aromatic carbocycles. The van der Waals surface area contributed by atoms with Crippen molar-refractivity contribution in [3.05, 3.63) is 29.8 Å². The number of carbonyl (C=O) groups excluding carboxylic acids is 1. The molecule has 0 radical (unpaired) electrons. The van der Waals surface area contributed by atoms with E-state index in [9.17, 15) is 4.79 Å².